The number of halogens is 1. The van der Waals surface area contributed by atoms with E-state index in [1.54, 1.807) is 0 Å². The second-order valence-corrected chi connectivity index (χ2v) is 6.09. The molecule has 4 heteroatoms. The van der Waals surface area contributed by atoms with Crippen molar-refractivity contribution in [2.75, 3.05) is 6.61 Å². The van der Waals surface area contributed by atoms with Gasteiger partial charge in [-0.3, -0.25) is 4.79 Å². The van der Waals surface area contributed by atoms with Gasteiger partial charge in [-0.05, 0) is 57.4 Å². The fraction of sp³-hybridized carbons (Fsp3) is 0.533. The molecule has 1 aliphatic rings. The summed E-state index contributed by atoms with van der Waals surface area (Å²) in [6.07, 6.45) is 3.39. The summed E-state index contributed by atoms with van der Waals surface area (Å²) in [5.74, 6) is 0.816. The molecule has 0 N–H and O–H groups in total. The zero-order valence-electron chi connectivity index (χ0n) is 11.4. The van der Waals surface area contributed by atoms with Gasteiger partial charge in [-0.15, -0.1) is 0 Å². The van der Waals surface area contributed by atoms with Crippen molar-refractivity contribution in [2.45, 2.75) is 45.2 Å². The van der Waals surface area contributed by atoms with E-state index < -0.39 is 0 Å². The molecule has 0 aromatic heterocycles. The van der Waals surface area contributed by atoms with Crippen molar-refractivity contribution in [3.63, 3.8) is 0 Å². The van der Waals surface area contributed by atoms with Gasteiger partial charge in [0.15, 0.2) is 6.61 Å². The lowest BCUT2D eigenvalue weighted by atomic mass is 9.97. The van der Waals surface area contributed by atoms with Crippen molar-refractivity contribution in [1.82, 2.24) is 4.90 Å². The normalized spacial score (nSPS) is 23.2. The van der Waals surface area contributed by atoms with Crippen molar-refractivity contribution < 1.29 is 9.53 Å². The molecule has 0 aliphatic carbocycles. The number of hydrogen-bond donors (Lipinski definition) is 0. The Kier molecular flexibility index (Phi) is 4.86. The Morgan fingerprint density at radius 3 is 2.42 bits per heavy atom. The van der Waals surface area contributed by atoms with Crippen LogP contribution >= 0.6 is 15.9 Å². The Bertz CT molecular complexity index is 422. The Morgan fingerprint density at radius 1 is 1.26 bits per heavy atom. The lowest BCUT2D eigenvalue weighted by Crippen LogP contribution is -2.49. The number of likely N-dealkylation sites (tertiary alicyclic amines) is 1. The summed E-state index contributed by atoms with van der Waals surface area (Å²) in [6.45, 7) is 4.36. The van der Waals surface area contributed by atoms with Gasteiger partial charge in [-0.2, -0.15) is 0 Å². The molecule has 2 rings (SSSR count). The van der Waals surface area contributed by atoms with Crippen LogP contribution in [0.3, 0.4) is 0 Å². The van der Waals surface area contributed by atoms with Crippen molar-refractivity contribution in [1.29, 1.82) is 0 Å². The van der Waals surface area contributed by atoms with Crippen LogP contribution in [0.25, 0.3) is 0 Å². The van der Waals surface area contributed by atoms with Gasteiger partial charge in [0, 0.05) is 16.6 Å². The molecule has 0 bridgehead atoms. The first-order valence-corrected chi connectivity index (χ1v) is 7.57. The van der Waals surface area contributed by atoms with Crippen LogP contribution in [0.5, 0.6) is 5.75 Å². The molecule has 1 aromatic carbocycles. The van der Waals surface area contributed by atoms with Gasteiger partial charge in [0.25, 0.3) is 5.91 Å². The maximum Gasteiger partial charge on any atom is 0.260 e. The van der Waals surface area contributed by atoms with Gasteiger partial charge < -0.3 is 9.64 Å². The average molecular weight is 326 g/mol. The maximum atomic E-state index is 12.3. The number of rotatable bonds is 3. The summed E-state index contributed by atoms with van der Waals surface area (Å²) >= 11 is 3.37. The first-order valence-electron chi connectivity index (χ1n) is 6.77. The highest BCUT2D eigenvalue weighted by atomic mass is 79.9. The monoisotopic (exact) mass is 325 g/mol. The fourth-order valence-corrected chi connectivity index (χ4v) is 2.93. The standard InChI is InChI=1S/C15H20BrNO2/c1-11-4-3-5-12(2)17(11)15(18)10-19-14-8-6-13(16)7-9-14/h6-9,11-12H,3-5,10H2,1-2H3/t11-,12-/m0/s1. The van der Waals surface area contributed by atoms with E-state index in [0.717, 1.165) is 23.1 Å². The fourth-order valence-electron chi connectivity index (χ4n) is 2.66. The van der Waals surface area contributed by atoms with Crippen molar-refractivity contribution in [2.24, 2.45) is 0 Å². The SMILES string of the molecule is C[C@H]1CCC[C@H](C)N1C(=O)COc1ccc(Br)cc1. The summed E-state index contributed by atoms with van der Waals surface area (Å²) in [7, 11) is 0. The van der Waals surface area contributed by atoms with E-state index >= 15 is 0 Å². The number of hydrogen-bond acceptors (Lipinski definition) is 2. The van der Waals surface area contributed by atoms with Gasteiger partial charge in [-0.1, -0.05) is 15.9 Å². The number of carbonyl (C=O) groups excluding carboxylic acids is 1. The third-order valence-corrected chi connectivity index (χ3v) is 4.19. The topological polar surface area (TPSA) is 29.5 Å². The zero-order valence-corrected chi connectivity index (χ0v) is 13.0. The first-order chi connectivity index (χ1) is 9.08. The van der Waals surface area contributed by atoms with Crippen molar-refractivity contribution in [3.05, 3.63) is 28.7 Å². The second-order valence-electron chi connectivity index (χ2n) is 5.17. The van der Waals surface area contributed by atoms with E-state index in [-0.39, 0.29) is 12.5 Å². The van der Waals surface area contributed by atoms with E-state index in [9.17, 15) is 4.79 Å². The number of piperidine rings is 1. The number of carbonyl (C=O) groups is 1. The van der Waals surface area contributed by atoms with Gasteiger partial charge in [-0.25, -0.2) is 0 Å². The molecular weight excluding hydrogens is 306 g/mol. The highest BCUT2D eigenvalue weighted by Gasteiger charge is 2.28. The van der Waals surface area contributed by atoms with Gasteiger partial charge in [0.05, 0.1) is 0 Å². The molecule has 104 valence electrons. The van der Waals surface area contributed by atoms with E-state index in [1.165, 1.54) is 6.42 Å². The molecular formula is C15H20BrNO2. The summed E-state index contributed by atoms with van der Waals surface area (Å²) in [6, 6.07) is 8.19. The molecule has 1 heterocycles. The minimum absolute atomic E-state index is 0.0858. The summed E-state index contributed by atoms with van der Waals surface area (Å²) in [5.41, 5.74) is 0. The number of nitrogens with zero attached hydrogens (tertiary/aromatic N) is 1. The quantitative estimate of drug-likeness (QED) is 0.849. The van der Waals surface area contributed by atoms with Gasteiger partial charge in [0.2, 0.25) is 0 Å². The van der Waals surface area contributed by atoms with Crippen LogP contribution in [-0.2, 0) is 4.79 Å². The Balaban J connectivity index is 1.91. The van der Waals surface area contributed by atoms with Crippen LogP contribution in [0.4, 0.5) is 0 Å². The predicted molar refractivity (Wildman–Crippen MR) is 79.3 cm³/mol. The van der Waals surface area contributed by atoms with Gasteiger partial charge >= 0.3 is 0 Å². The summed E-state index contributed by atoms with van der Waals surface area (Å²) in [5, 5.41) is 0. The summed E-state index contributed by atoms with van der Waals surface area (Å²) in [4.78, 5) is 14.2. The van der Waals surface area contributed by atoms with Crippen LogP contribution in [0.2, 0.25) is 0 Å². The van der Waals surface area contributed by atoms with Crippen LogP contribution in [0, 0.1) is 0 Å². The van der Waals surface area contributed by atoms with Crippen LogP contribution in [0.1, 0.15) is 33.1 Å². The molecule has 2 atom stereocenters. The number of benzene rings is 1. The minimum atomic E-state index is 0.0858. The Labute approximate surface area is 123 Å². The third-order valence-electron chi connectivity index (χ3n) is 3.66. The Morgan fingerprint density at radius 2 is 1.84 bits per heavy atom. The molecule has 0 radical (unpaired) electrons. The molecule has 1 aromatic rings. The molecule has 1 amide bonds. The van der Waals surface area contributed by atoms with E-state index in [0.29, 0.717) is 12.1 Å². The molecule has 0 unspecified atom stereocenters. The lowest BCUT2D eigenvalue weighted by Gasteiger charge is -2.38. The molecule has 1 saturated heterocycles. The van der Waals surface area contributed by atoms with E-state index in [1.807, 2.05) is 29.2 Å². The minimum Gasteiger partial charge on any atom is -0.484 e. The highest BCUT2D eigenvalue weighted by Crippen LogP contribution is 2.23. The largest absolute Gasteiger partial charge is 0.484 e. The predicted octanol–water partition coefficient (Wildman–Crippen LogP) is 3.62. The third kappa shape index (κ3) is 3.72. The van der Waals surface area contributed by atoms with Crippen molar-refractivity contribution >= 4 is 21.8 Å². The maximum absolute atomic E-state index is 12.3. The molecule has 0 spiro atoms. The van der Waals surface area contributed by atoms with Crippen LogP contribution in [0.15, 0.2) is 28.7 Å². The second kappa shape index (κ2) is 6.42. The molecule has 1 aliphatic heterocycles. The number of ether oxygens (including phenoxy) is 1. The van der Waals surface area contributed by atoms with Crippen molar-refractivity contribution in [3.8, 4) is 5.75 Å². The lowest BCUT2D eigenvalue weighted by molar-refractivity contribution is -0.139. The molecule has 0 saturated carbocycles. The number of amides is 1. The summed E-state index contributed by atoms with van der Waals surface area (Å²) < 4.78 is 6.56. The highest BCUT2D eigenvalue weighted by molar-refractivity contribution is 9.10. The van der Waals surface area contributed by atoms with Crippen LogP contribution in [-0.4, -0.2) is 29.5 Å². The smallest absolute Gasteiger partial charge is 0.260 e. The molecule has 19 heavy (non-hydrogen) atoms. The Hall–Kier alpha value is -1.03. The van der Waals surface area contributed by atoms with E-state index in [2.05, 4.69) is 29.8 Å². The van der Waals surface area contributed by atoms with Gasteiger partial charge in [0.1, 0.15) is 5.75 Å². The average Bonchev–Trinajstić information content (AvgIpc) is 2.38. The molecule has 3 nitrogen and oxygen atoms in total. The zero-order chi connectivity index (χ0) is 13.8. The first kappa shape index (κ1) is 14.4. The van der Waals surface area contributed by atoms with Crippen LogP contribution < -0.4 is 4.74 Å². The van der Waals surface area contributed by atoms with E-state index in [4.69, 9.17) is 4.74 Å². The molecule has 1 fully saturated rings.